The lowest BCUT2D eigenvalue weighted by molar-refractivity contribution is -0.384. The molecule has 0 atom stereocenters. The van der Waals surface area contributed by atoms with E-state index in [0.717, 1.165) is 12.0 Å². The maximum absolute atomic E-state index is 12.4. The average molecular weight is 299 g/mol. The van der Waals surface area contributed by atoms with Crippen LogP contribution < -0.4 is 0 Å². The third-order valence-electron chi connectivity index (χ3n) is 3.41. The first kappa shape index (κ1) is 15.6. The predicted octanol–water partition coefficient (Wildman–Crippen LogP) is 2.69. The molecule has 1 aromatic heterocycles. The summed E-state index contributed by atoms with van der Waals surface area (Å²) in [6.45, 7) is 3.09. The minimum Gasteiger partial charge on any atom is -0.339 e. The number of pyridine rings is 1. The Morgan fingerprint density at radius 3 is 2.36 bits per heavy atom. The Balaban J connectivity index is 2.03. The van der Waals surface area contributed by atoms with Crippen molar-refractivity contribution in [3.63, 3.8) is 0 Å². The number of likely N-dealkylation sites (N-methyl/N-ethyl adjacent to an activating group) is 1. The molecule has 0 fully saturated rings. The van der Waals surface area contributed by atoms with Crippen LogP contribution in [0.4, 0.5) is 5.69 Å². The number of non-ortho nitro benzene ring substituents is 1. The number of aromatic nitrogens is 1. The van der Waals surface area contributed by atoms with Gasteiger partial charge in [-0.25, -0.2) is 0 Å². The van der Waals surface area contributed by atoms with Gasteiger partial charge in [0.2, 0.25) is 0 Å². The molecule has 2 rings (SSSR count). The third-order valence-corrected chi connectivity index (χ3v) is 3.41. The second-order valence-electron chi connectivity index (χ2n) is 4.79. The van der Waals surface area contributed by atoms with Gasteiger partial charge in [-0.2, -0.15) is 0 Å². The Kier molecular flexibility index (Phi) is 5.19. The number of carbonyl (C=O) groups is 1. The number of nitrogens with zero attached hydrogens (tertiary/aromatic N) is 3. The van der Waals surface area contributed by atoms with Gasteiger partial charge >= 0.3 is 0 Å². The van der Waals surface area contributed by atoms with Gasteiger partial charge in [0.25, 0.3) is 11.6 Å². The van der Waals surface area contributed by atoms with Crippen LogP contribution in [0.5, 0.6) is 0 Å². The maximum atomic E-state index is 12.4. The van der Waals surface area contributed by atoms with Crippen molar-refractivity contribution in [2.24, 2.45) is 0 Å². The summed E-state index contributed by atoms with van der Waals surface area (Å²) in [7, 11) is 0. The standard InChI is InChI=1S/C16H17N3O3/c1-2-18(12-9-13-7-10-17-11-8-13)16(20)14-3-5-15(6-4-14)19(21)22/h3-8,10-11H,2,9,12H2,1H3. The molecule has 0 saturated carbocycles. The van der Waals surface area contributed by atoms with E-state index in [2.05, 4.69) is 4.98 Å². The topological polar surface area (TPSA) is 76.3 Å². The van der Waals surface area contributed by atoms with Gasteiger partial charge in [0.1, 0.15) is 0 Å². The average Bonchev–Trinajstić information content (AvgIpc) is 2.56. The molecular weight excluding hydrogens is 282 g/mol. The van der Waals surface area contributed by atoms with Crippen LogP contribution in [0.15, 0.2) is 48.8 Å². The summed E-state index contributed by atoms with van der Waals surface area (Å²) in [5.74, 6) is -0.119. The highest BCUT2D eigenvalue weighted by Crippen LogP contribution is 2.14. The Morgan fingerprint density at radius 2 is 1.82 bits per heavy atom. The first-order valence-electron chi connectivity index (χ1n) is 7.04. The zero-order valence-corrected chi connectivity index (χ0v) is 12.3. The van der Waals surface area contributed by atoms with Crippen LogP contribution in [-0.4, -0.2) is 33.8 Å². The van der Waals surface area contributed by atoms with Crippen molar-refractivity contribution < 1.29 is 9.72 Å². The molecule has 2 aromatic rings. The number of nitro benzene ring substituents is 1. The molecule has 0 N–H and O–H groups in total. The molecule has 0 radical (unpaired) electrons. The molecule has 1 amide bonds. The van der Waals surface area contributed by atoms with E-state index in [-0.39, 0.29) is 11.6 Å². The Morgan fingerprint density at radius 1 is 1.18 bits per heavy atom. The molecule has 1 aromatic carbocycles. The Hall–Kier alpha value is -2.76. The lowest BCUT2D eigenvalue weighted by atomic mass is 10.1. The highest BCUT2D eigenvalue weighted by Gasteiger charge is 2.15. The van der Waals surface area contributed by atoms with Gasteiger partial charge in [0.15, 0.2) is 0 Å². The molecule has 0 aliphatic carbocycles. The summed E-state index contributed by atoms with van der Waals surface area (Å²) in [5.41, 5.74) is 1.56. The maximum Gasteiger partial charge on any atom is 0.269 e. The zero-order chi connectivity index (χ0) is 15.9. The van der Waals surface area contributed by atoms with Crippen LogP contribution >= 0.6 is 0 Å². The van der Waals surface area contributed by atoms with Gasteiger partial charge in [-0.1, -0.05) is 0 Å². The summed E-state index contributed by atoms with van der Waals surface area (Å²) in [5, 5.41) is 10.6. The van der Waals surface area contributed by atoms with Gasteiger partial charge in [-0.15, -0.1) is 0 Å². The number of nitro groups is 1. The molecule has 0 unspecified atom stereocenters. The molecule has 0 spiro atoms. The third kappa shape index (κ3) is 3.88. The molecule has 0 saturated heterocycles. The van der Waals surface area contributed by atoms with Crippen LogP contribution in [0, 0.1) is 10.1 Å². The summed E-state index contributed by atoms with van der Waals surface area (Å²) >= 11 is 0. The lowest BCUT2D eigenvalue weighted by Gasteiger charge is -2.21. The number of benzene rings is 1. The second-order valence-corrected chi connectivity index (χ2v) is 4.79. The fourth-order valence-electron chi connectivity index (χ4n) is 2.13. The number of amides is 1. The molecule has 0 aliphatic rings. The van der Waals surface area contributed by atoms with E-state index >= 15 is 0 Å². The van der Waals surface area contributed by atoms with E-state index in [1.54, 1.807) is 17.3 Å². The van der Waals surface area contributed by atoms with E-state index in [0.29, 0.717) is 18.7 Å². The highest BCUT2D eigenvalue weighted by molar-refractivity contribution is 5.94. The van der Waals surface area contributed by atoms with Gasteiger partial charge in [-0.05, 0) is 43.2 Å². The van der Waals surface area contributed by atoms with E-state index in [1.165, 1.54) is 24.3 Å². The van der Waals surface area contributed by atoms with Crippen LogP contribution in [0.25, 0.3) is 0 Å². The van der Waals surface area contributed by atoms with Crippen LogP contribution in [0.2, 0.25) is 0 Å². The first-order chi connectivity index (χ1) is 10.6. The van der Waals surface area contributed by atoms with E-state index in [4.69, 9.17) is 0 Å². The second kappa shape index (κ2) is 7.31. The van der Waals surface area contributed by atoms with Crippen molar-refractivity contribution in [3.8, 4) is 0 Å². The Labute approximate surface area is 128 Å². The number of rotatable bonds is 6. The van der Waals surface area contributed by atoms with Crippen LogP contribution in [0.1, 0.15) is 22.8 Å². The number of hydrogen-bond acceptors (Lipinski definition) is 4. The lowest BCUT2D eigenvalue weighted by Crippen LogP contribution is -2.32. The smallest absolute Gasteiger partial charge is 0.269 e. The Bertz CT molecular complexity index is 641. The van der Waals surface area contributed by atoms with Crippen LogP contribution in [-0.2, 0) is 6.42 Å². The van der Waals surface area contributed by atoms with Crippen LogP contribution in [0.3, 0.4) is 0 Å². The van der Waals surface area contributed by atoms with Gasteiger partial charge in [-0.3, -0.25) is 19.9 Å². The molecule has 6 nitrogen and oxygen atoms in total. The SMILES string of the molecule is CCN(CCc1ccncc1)C(=O)c1ccc([N+](=O)[O-])cc1. The summed E-state index contributed by atoms with van der Waals surface area (Å²) < 4.78 is 0. The molecule has 114 valence electrons. The quantitative estimate of drug-likeness (QED) is 0.607. The van der Waals surface area contributed by atoms with Crippen molar-refractivity contribution in [2.75, 3.05) is 13.1 Å². The minimum atomic E-state index is -0.477. The monoisotopic (exact) mass is 299 g/mol. The largest absolute Gasteiger partial charge is 0.339 e. The fourth-order valence-corrected chi connectivity index (χ4v) is 2.13. The molecule has 1 heterocycles. The molecule has 0 bridgehead atoms. The first-order valence-corrected chi connectivity index (χ1v) is 7.04. The van der Waals surface area contributed by atoms with E-state index in [1.807, 2.05) is 19.1 Å². The van der Waals surface area contributed by atoms with Crippen molar-refractivity contribution in [1.82, 2.24) is 9.88 Å². The molecular formula is C16H17N3O3. The predicted molar refractivity (Wildman–Crippen MR) is 82.6 cm³/mol. The molecule has 22 heavy (non-hydrogen) atoms. The van der Waals surface area contributed by atoms with Crippen molar-refractivity contribution in [1.29, 1.82) is 0 Å². The van der Waals surface area contributed by atoms with Crippen molar-refractivity contribution in [3.05, 3.63) is 70.0 Å². The number of hydrogen-bond donors (Lipinski definition) is 0. The molecule has 0 aliphatic heterocycles. The van der Waals surface area contributed by atoms with Gasteiger partial charge in [0, 0.05) is 43.2 Å². The van der Waals surface area contributed by atoms with Gasteiger partial charge < -0.3 is 4.90 Å². The van der Waals surface area contributed by atoms with E-state index in [9.17, 15) is 14.9 Å². The van der Waals surface area contributed by atoms with Crippen molar-refractivity contribution >= 4 is 11.6 Å². The summed E-state index contributed by atoms with van der Waals surface area (Å²) in [4.78, 5) is 28.3. The van der Waals surface area contributed by atoms with E-state index < -0.39 is 4.92 Å². The zero-order valence-electron chi connectivity index (χ0n) is 12.3. The highest BCUT2D eigenvalue weighted by atomic mass is 16.6. The number of carbonyl (C=O) groups excluding carboxylic acids is 1. The fraction of sp³-hybridized carbons (Fsp3) is 0.250. The van der Waals surface area contributed by atoms with Crippen molar-refractivity contribution in [2.45, 2.75) is 13.3 Å². The summed E-state index contributed by atoms with van der Waals surface area (Å²) in [6.07, 6.45) is 4.20. The molecule has 6 heteroatoms. The summed E-state index contributed by atoms with van der Waals surface area (Å²) in [6, 6.07) is 9.54. The minimum absolute atomic E-state index is 0.0172. The van der Waals surface area contributed by atoms with Gasteiger partial charge in [0.05, 0.1) is 4.92 Å². The normalized spacial score (nSPS) is 10.2.